The largest absolute Gasteiger partial charge is 0.342 e. The molecule has 0 aromatic heterocycles. The molecule has 1 amide bonds. The first kappa shape index (κ1) is 16.5. The molecule has 1 aromatic carbocycles. The Morgan fingerprint density at radius 1 is 1.13 bits per heavy atom. The van der Waals surface area contributed by atoms with Crippen LogP contribution in [0.5, 0.6) is 0 Å². The van der Waals surface area contributed by atoms with Gasteiger partial charge < -0.3 is 4.90 Å². The van der Waals surface area contributed by atoms with Gasteiger partial charge in [0.2, 0.25) is 5.91 Å². The van der Waals surface area contributed by atoms with Gasteiger partial charge in [0.25, 0.3) is 0 Å². The van der Waals surface area contributed by atoms with Gasteiger partial charge in [-0.05, 0) is 42.6 Å². The zero-order valence-electron chi connectivity index (χ0n) is 14.9. The zero-order chi connectivity index (χ0) is 16.4. The van der Waals surface area contributed by atoms with E-state index in [0.717, 1.165) is 25.9 Å². The Kier molecular flexibility index (Phi) is 5.08. The van der Waals surface area contributed by atoms with Crippen molar-refractivity contribution >= 4 is 5.91 Å². The molecule has 0 bridgehead atoms. The summed E-state index contributed by atoms with van der Waals surface area (Å²) in [5.74, 6) is 3.12. The van der Waals surface area contributed by atoms with Crippen molar-refractivity contribution in [2.24, 2.45) is 23.7 Å². The molecule has 3 rings (SSSR count). The van der Waals surface area contributed by atoms with Crippen LogP contribution in [0.15, 0.2) is 30.3 Å². The van der Waals surface area contributed by atoms with Crippen molar-refractivity contribution in [2.45, 2.75) is 52.4 Å². The lowest BCUT2D eigenvalue weighted by molar-refractivity contribution is -0.139. The number of amides is 1. The van der Waals surface area contributed by atoms with Crippen molar-refractivity contribution in [3.05, 3.63) is 35.9 Å². The summed E-state index contributed by atoms with van der Waals surface area (Å²) >= 11 is 0. The molecule has 1 aromatic rings. The Morgan fingerprint density at radius 3 is 2.57 bits per heavy atom. The molecule has 2 nitrogen and oxygen atoms in total. The quantitative estimate of drug-likeness (QED) is 0.791. The highest BCUT2D eigenvalue weighted by Crippen LogP contribution is 2.40. The summed E-state index contributed by atoms with van der Waals surface area (Å²) in [6.07, 6.45) is 4.73. The van der Waals surface area contributed by atoms with E-state index in [-0.39, 0.29) is 5.92 Å². The molecule has 23 heavy (non-hydrogen) atoms. The normalized spacial score (nSPS) is 31.6. The molecule has 1 heterocycles. The lowest BCUT2D eigenvalue weighted by atomic mass is 9.69. The van der Waals surface area contributed by atoms with Crippen LogP contribution in [0.3, 0.4) is 0 Å². The number of likely N-dealkylation sites (tertiary alicyclic amines) is 1. The third kappa shape index (κ3) is 3.62. The Bertz CT molecular complexity index is 524. The minimum Gasteiger partial charge on any atom is -0.342 e. The highest BCUT2D eigenvalue weighted by atomic mass is 16.2. The first-order valence-corrected chi connectivity index (χ1v) is 9.40. The molecule has 1 saturated heterocycles. The van der Waals surface area contributed by atoms with E-state index < -0.39 is 0 Å². The average molecular weight is 313 g/mol. The summed E-state index contributed by atoms with van der Waals surface area (Å²) in [5.41, 5.74) is 1.39. The SMILES string of the molecule is CC(C)C1CC[C@@H](C)CC1C(=O)N1CCC(c2ccccc2)C1. The van der Waals surface area contributed by atoms with Crippen LogP contribution >= 0.6 is 0 Å². The fraction of sp³-hybridized carbons (Fsp3) is 0.667. The Hall–Kier alpha value is -1.31. The number of carbonyl (C=O) groups excluding carboxylic acids is 1. The molecule has 0 spiro atoms. The minimum absolute atomic E-state index is 0.258. The number of hydrogen-bond donors (Lipinski definition) is 0. The predicted octanol–water partition coefficient (Wildman–Crippen LogP) is 4.71. The van der Waals surface area contributed by atoms with E-state index >= 15 is 0 Å². The van der Waals surface area contributed by atoms with Crippen molar-refractivity contribution < 1.29 is 4.79 Å². The molecule has 2 heteroatoms. The molecule has 4 atom stereocenters. The number of nitrogens with zero attached hydrogens (tertiary/aromatic N) is 1. The molecule has 2 fully saturated rings. The van der Waals surface area contributed by atoms with E-state index in [9.17, 15) is 4.79 Å². The van der Waals surface area contributed by atoms with Crippen LogP contribution in [-0.4, -0.2) is 23.9 Å². The third-order valence-corrected chi connectivity index (χ3v) is 6.11. The second-order valence-electron chi connectivity index (χ2n) is 8.11. The minimum atomic E-state index is 0.258. The van der Waals surface area contributed by atoms with Gasteiger partial charge in [-0.25, -0.2) is 0 Å². The van der Waals surface area contributed by atoms with Gasteiger partial charge in [0.1, 0.15) is 0 Å². The van der Waals surface area contributed by atoms with Crippen LogP contribution in [0.1, 0.15) is 57.9 Å². The highest BCUT2D eigenvalue weighted by molar-refractivity contribution is 5.79. The number of benzene rings is 1. The molecular weight excluding hydrogens is 282 g/mol. The van der Waals surface area contributed by atoms with Gasteiger partial charge in [-0.2, -0.15) is 0 Å². The van der Waals surface area contributed by atoms with Crippen LogP contribution in [0.4, 0.5) is 0 Å². The third-order valence-electron chi connectivity index (χ3n) is 6.11. The van der Waals surface area contributed by atoms with E-state index in [1.807, 2.05) is 0 Å². The fourth-order valence-corrected chi connectivity index (χ4v) is 4.68. The Balaban J connectivity index is 1.68. The summed E-state index contributed by atoms with van der Waals surface area (Å²) < 4.78 is 0. The number of rotatable bonds is 3. The molecule has 0 N–H and O–H groups in total. The van der Waals surface area contributed by atoms with Gasteiger partial charge in [0.05, 0.1) is 0 Å². The van der Waals surface area contributed by atoms with Crippen LogP contribution in [-0.2, 0) is 4.79 Å². The lowest BCUT2D eigenvalue weighted by Crippen LogP contribution is -2.41. The van der Waals surface area contributed by atoms with Crippen LogP contribution in [0, 0.1) is 23.7 Å². The summed E-state index contributed by atoms with van der Waals surface area (Å²) in [5, 5.41) is 0. The summed E-state index contributed by atoms with van der Waals surface area (Å²) in [4.78, 5) is 15.3. The number of carbonyl (C=O) groups is 1. The maximum absolute atomic E-state index is 13.2. The van der Waals surface area contributed by atoms with Gasteiger partial charge in [-0.3, -0.25) is 4.79 Å². The topological polar surface area (TPSA) is 20.3 Å². The van der Waals surface area contributed by atoms with Gasteiger partial charge in [-0.15, -0.1) is 0 Å². The Labute approximate surface area is 141 Å². The van der Waals surface area contributed by atoms with Crippen molar-refractivity contribution in [1.82, 2.24) is 4.90 Å². The molecule has 1 aliphatic carbocycles. The van der Waals surface area contributed by atoms with Crippen LogP contribution in [0.25, 0.3) is 0 Å². The molecular formula is C21H31NO. The highest BCUT2D eigenvalue weighted by Gasteiger charge is 2.39. The predicted molar refractivity (Wildman–Crippen MR) is 95.2 cm³/mol. The first-order chi connectivity index (χ1) is 11.1. The van der Waals surface area contributed by atoms with Gasteiger partial charge in [0.15, 0.2) is 0 Å². The monoisotopic (exact) mass is 313 g/mol. The zero-order valence-corrected chi connectivity index (χ0v) is 14.9. The van der Waals surface area contributed by atoms with Gasteiger partial charge in [0, 0.05) is 24.9 Å². The summed E-state index contributed by atoms with van der Waals surface area (Å²) in [7, 11) is 0. The molecule has 1 aliphatic heterocycles. The van der Waals surface area contributed by atoms with E-state index in [4.69, 9.17) is 0 Å². The van der Waals surface area contributed by atoms with Crippen LogP contribution < -0.4 is 0 Å². The molecule has 1 saturated carbocycles. The van der Waals surface area contributed by atoms with Crippen molar-refractivity contribution in [3.63, 3.8) is 0 Å². The van der Waals surface area contributed by atoms with E-state index in [1.54, 1.807) is 0 Å². The van der Waals surface area contributed by atoms with E-state index in [1.165, 1.54) is 18.4 Å². The second-order valence-corrected chi connectivity index (χ2v) is 8.11. The maximum atomic E-state index is 13.2. The summed E-state index contributed by atoms with van der Waals surface area (Å²) in [6, 6.07) is 10.7. The van der Waals surface area contributed by atoms with Crippen molar-refractivity contribution in [2.75, 3.05) is 13.1 Å². The van der Waals surface area contributed by atoms with Gasteiger partial charge in [-0.1, -0.05) is 57.5 Å². The van der Waals surface area contributed by atoms with E-state index in [0.29, 0.717) is 29.6 Å². The fourth-order valence-electron chi connectivity index (χ4n) is 4.68. The standard InChI is InChI=1S/C21H31NO/c1-15(2)19-10-9-16(3)13-20(19)21(23)22-12-11-18(14-22)17-7-5-4-6-8-17/h4-8,15-16,18-20H,9-14H2,1-3H3/t16-,18?,19?,20?/m1/s1. The summed E-state index contributed by atoms with van der Waals surface area (Å²) in [6.45, 7) is 8.75. The van der Waals surface area contributed by atoms with Crippen molar-refractivity contribution in [3.8, 4) is 0 Å². The molecule has 126 valence electrons. The second kappa shape index (κ2) is 7.07. The van der Waals surface area contributed by atoms with E-state index in [2.05, 4.69) is 56.0 Å². The Morgan fingerprint density at radius 2 is 1.87 bits per heavy atom. The van der Waals surface area contributed by atoms with Crippen LogP contribution in [0.2, 0.25) is 0 Å². The smallest absolute Gasteiger partial charge is 0.225 e. The molecule has 3 unspecified atom stereocenters. The molecule has 0 radical (unpaired) electrons. The maximum Gasteiger partial charge on any atom is 0.225 e. The lowest BCUT2D eigenvalue weighted by Gasteiger charge is -2.38. The molecule has 2 aliphatic rings. The van der Waals surface area contributed by atoms with Gasteiger partial charge >= 0.3 is 0 Å². The first-order valence-electron chi connectivity index (χ1n) is 9.40. The average Bonchev–Trinajstić information content (AvgIpc) is 3.04. The number of hydrogen-bond acceptors (Lipinski definition) is 1. The van der Waals surface area contributed by atoms with Crippen molar-refractivity contribution in [1.29, 1.82) is 0 Å².